The number of nitrogens with zero attached hydrogens (tertiary/aromatic N) is 4. The van der Waals surface area contributed by atoms with Crippen molar-refractivity contribution in [2.24, 2.45) is 0 Å². The molecule has 4 aromatic heterocycles. The Bertz CT molecular complexity index is 3370. The molecule has 0 saturated carbocycles. The van der Waals surface area contributed by atoms with E-state index in [0.717, 1.165) is 43.7 Å². The zero-order valence-corrected chi connectivity index (χ0v) is 29.2. The first-order valence-electron chi connectivity index (χ1n) is 17.9. The molecule has 0 aliphatic heterocycles. The smallest absolute Gasteiger partial charge is 0.236 e. The van der Waals surface area contributed by atoms with E-state index in [0.29, 0.717) is 5.95 Å². The number of rotatable bonds is 3. The zero-order valence-electron chi connectivity index (χ0n) is 28.4. The average Bonchev–Trinajstić information content (AvgIpc) is 3.88. The number of para-hydroxylation sites is 2. The zero-order chi connectivity index (χ0) is 34.6. The molecule has 0 radical (unpaired) electrons. The lowest BCUT2D eigenvalue weighted by Crippen LogP contribution is -2.03. The predicted octanol–water partition coefficient (Wildman–Crippen LogP) is 13.0. The van der Waals surface area contributed by atoms with Crippen LogP contribution in [0.5, 0.6) is 0 Å². The fourth-order valence-corrected chi connectivity index (χ4v) is 9.73. The summed E-state index contributed by atoms with van der Waals surface area (Å²) in [5.41, 5.74) is 7.66. The van der Waals surface area contributed by atoms with Crippen LogP contribution in [0.3, 0.4) is 0 Å². The van der Waals surface area contributed by atoms with E-state index in [1.54, 1.807) is 11.3 Å². The molecule has 4 nitrogen and oxygen atoms in total. The van der Waals surface area contributed by atoms with Gasteiger partial charge in [0, 0.05) is 48.3 Å². The summed E-state index contributed by atoms with van der Waals surface area (Å²) in [5.74, 6) is 0.674. The molecule has 0 unspecified atom stereocenters. The van der Waals surface area contributed by atoms with Gasteiger partial charge < -0.3 is 4.57 Å². The van der Waals surface area contributed by atoms with E-state index >= 15 is 0 Å². The Balaban J connectivity index is 1.22. The minimum atomic E-state index is 0.674. The second-order valence-corrected chi connectivity index (χ2v) is 14.8. The highest BCUT2D eigenvalue weighted by Crippen LogP contribution is 2.44. The molecule has 8 aromatic carbocycles. The molecule has 0 atom stereocenters. The Labute approximate surface area is 307 Å². The minimum Gasteiger partial charge on any atom is -0.309 e. The van der Waals surface area contributed by atoms with E-state index < -0.39 is 0 Å². The predicted molar refractivity (Wildman–Crippen MR) is 224 cm³/mol. The van der Waals surface area contributed by atoms with Crippen molar-refractivity contribution in [2.75, 3.05) is 0 Å². The molecule has 53 heavy (non-hydrogen) atoms. The van der Waals surface area contributed by atoms with Crippen LogP contribution < -0.4 is 0 Å². The number of fused-ring (bicyclic) bond motifs is 13. The summed E-state index contributed by atoms with van der Waals surface area (Å²) in [6, 6.07) is 61.1. The Morgan fingerprint density at radius 1 is 0.396 bits per heavy atom. The van der Waals surface area contributed by atoms with Crippen molar-refractivity contribution in [2.45, 2.75) is 0 Å². The summed E-state index contributed by atoms with van der Waals surface area (Å²) < 4.78 is 5.87. The maximum Gasteiger partial charge on any atom is 0.236 e. The van der Waals surface area contributed by atoms with Gasteiger partial charge >= 0.3 is 0 Å². The first kappa shape index (κ1) is 28.8. The van der Waals surface area contributed by atoms with Crippen molar-refractivity contribution < 1.29 is 0 Å². The standard InChI is InChI=1S/C48H28N4S/c1-2-14-32(15-3-1)51-38-20-10-8-18-35(38)36-25-22-31(28-41(36)51)46-45-37-19-9-11-21-42(37)53-47(45)50-48(49-46)52-39-26-23-29-12-4-6-16-33(29)43(39)44-34-17-7-5-13-30(34)24-27-40(44)52/h1-28H. The van der Waals surface area contributed by atoms with Gasteiger partial charge in [-0.15, -0.1) is 11.3 Å². The van der Waals surface area contributed by atoms with Crippen molar-refractivity contribution in [1.82, 2.24) is 19.1 Å². The Morgan fingerprint density at radius 2 is 1.00 bits per heavy atom. The molecule has 0 amide bonds. The summed E-state index contributed by atoms with van der Waals surface area (Å²) in [6.07, 6.45) is 0. The van der Waals surface area contributed by atoms with Crippen molar-refractivity contribution in [3.05, 3.63) is 170 Å². The van der Waals surface area contributed by atoms with Crippen LogP contribution >= 0.6 is 11.3 Å². The van der Waals surface area contributed by atoms with Gasteiger partial charge in [-0.25, -0.2) is 9.97 Å². The second-order valence-electron chi connectivity index (χ2n) is 13.8. The van der Waals surface area contributed by atoms with Gasteiger partial charge in [0.15, 0.2) is 0 Å². The highest BCUT2D eigenvalue weighted by atomic mass is 32.1. The van der Waals surface area contributed by atoms with E-state index in [1.807, 2.05) is 0 Å². The lowest BCUT2D eigenvalue weighted by atomic mass is 10.00. The van der Waals surface area contributed by atoms with E-state index in [9.17, 15) is 0 Å². The molecule has 0 N–H and O–H groups in total. The fraction of sp³-hybridized carbons (Fsp3) is 0. The van der Waals surface area contributed by atoms with Gasteiger partial charge in [0.1, 0.15) is 4.83 Å². The van der Waals surface area contributed by atoms with Gasteiger partial charge in [0.2, 0.25) is 5.95 Å². The molecule has 5 heteroatoms. The number of aromatic nitrogens is 4. The van der Waals surface area contributed by atoms with Crippen LogP contribution in [0, 0.1) is 0 Å². The molecular formula is C48H28N4S. The third-order valence-electron chi connectivity index (χ3n) is 10.9. The minimum absolute atomic E-state index is 0.674. The molecule has 0 spiro atoms. The molecule has 0 aliphatic rings. The topological polar surface area (TPSA) is 35.6 Å². The highest BCUT2D eigenvalue weighted by molar-refractivity contribution is 7.25. The average molecular weight is 693 g/mol. The lowest BCUT2D eigenvalue weighted by molar-refractivity contribution is 1.02. The van der Waals surface area contributed by atoms with Crippen LogP contribution in [0.15, 0.2) is 170 Å². The van der Waals surface area contributed by atoms with Gasteiger partial charge in [-0.2, -0.15) is 0 Å². The van der Waals surface area contributed by atoms with Crippen LogP contribution in [0.25, 0.3) is 108 Å². The fourth-order valence-electron chi connectivity index (χ4n) is 8.66. The number of thiophene rings is 1. The first-order chi connectivity index (χ1) is 26.3. The van der Waals surface area contributed by atoms with E-state index in [4.69, 9.17) is 9.97 Å². The molecule has 0 aliphatic carbocycles. The van der Waals surface area contributed by atoms with Gasteiger partial charge in [0.05, 0.1) is 27.8 Å². The normalized spacial score (nSPS) is 12.2. The lowest BCUT2D eigenvalue weighted by Gasteiger charge is -2.12. The largest absolute Gasteiger partial charge is 0.309 e. The molecular weight excluding hydrogens is 665 g/mol. The van der Waals surface area contributed by atoms with Crippen molar-refractivity contribution >= 4 is 96.8 Å². The Kier molecular flexibility index (Phi) is 5.90. The molecule has 12 rings (SSSR count). The molecule has 0 fully saturated rings. The number of hydrogen-bond acceptors (Lipinski definition) is 3. The summed E-state index contributed by atoms with van der Waals surface area (Å²) in [5, 5.41) is 12.1. The van der Waals surface area contributed by atoms with Crippen molar-refractivity contribution in [3.8, 4) is 22.9 Å². The Hall–Kier alpha value is -6.82. The summed E-state index contributed by atoms with van der Waals surface area (Å²) in [7, 11) is 0. The molecule has 12 aromatic rings. The Morgan fingerprint density at radius 3 is 1.74 bits per heavy atom. The van der Waals surface area contributed by atoms with Crippen LogP contribution in [-0.2, 0) is 0 Å². The number of hydrogen-bond donors (Lipinski definition) is 0. The molecule has 0 saturated heterocycles. The van der Waals surface area contributed by atoms with Gasteiger partial charge in [-0.05, 0) is 64.0 Å². The molecule has 4 heterocycles. The second kappa shape index (κ2) is 10.8. The summed E-state index contributed by atoms with van der Waals surface area (Å²) in [6.45, 7) is 0. The maximum atomic E-state index is 5.61. The number of benzene rings is 8. The van der Waals surface area contributed by atoms with Crippen molar-refractivity contribution in [3.63, 3.8) is 0 Å². The quantitative estimate of drug-likeness (QED) is 0.185. The third-order valence-corrected chi connectivity index (χ3v) is 12.0. The molecule has 246 valence electrons. The SMILES string of the molecule is c1ccc(-n2c3ccccc3c3ccc(-c4nc(-n5c6ccc7ccccc7c6c6c7ccccc7ccc65)nc5sc6ccccc6c45)cc32)cc1. The van der Waals surface area contributed by atoms with E-state index in [2.05, 4.69) is 179 Å². The first-order valence-corrected chi connectivity index (χ1v) is 18.7. The van der Waals surface area contributed by atoms with E-state index in [-0.39, 0.29) is 0 Å². The van der Waals surface area contributed by atoms with Gasteiger partial charge in [0.25, 0.3) is 0 Å². The van der Waals surface area contributed by atoms with E-state index in [1.165, 1.54) is 58.7 Å². The van der Waals surface area contributed by atoms with Gasteiger partial charge in [-0.3, -0.25) is 4.57 Å². The summed E-state index contributed by atoms with van der Waals surface area (Å²) in [4.78, 5) is 12.0. The summed E-state index contributed by atoms with van der Waals surface area (Å²) >= 11 is 1.74. The van der Waals surface area contributed by atoms with Crippen molar-refractivity contribution in [1.29, 1.82) is 0 Å². The van der Waals surface area contributed by atoms with Crippen LogP contribution in [0.2, 0.25) is 0 Å². The third kappa shape index (κ3) is 4.05. The monoisotopic (exact) mass is 692 g/mol. The van der Waals surface area contributed by atoms with Crippen LogP contribution in [0.4, 0.5) is 0 Å². The van der Waals surface area contributed by atoms with Crippen LogP contribution in [-0.4, -0.2) is 19.1 Å². The van der Waals surface area contributed by atoms with Gasteiger partial charge in [-0.1, -0.05) is 127 Å². The molecule has 0 bridgehead atoms. The highest BCUT2D eigenvalue weighted by Gasteiger charge is 2.23. The van der Waals surface area contributed by atoms with Crippen LogP contribution in [0.1, 0.15) is 0 Å². The maximum absolute atomic E-state index is 5.61.